The van der Waals surface area contributed by atoms with E-state index in [0.717, 1.165) is 10.6 Å². The molecule has 0 unspecified atom stereocenters. The van der Waals surface area contributed by atoms with Crippen LogP contribution in [-0.2, 0) is 9.59 Å². The summed E-state index contributed by atoms with van der Waals surface area (Å²) < 4.78 is 5.66. The number of hydrogen-bond acceptors (Lipinski definition) is 5. The van der Waals surface area contributed by atoms with Gasteiger partial charge >= 0.3 is 0 Å². The minimum Gasteiger partial charge on any atom is -0.457 e. The fraction of sp³-hybridized carbons (Fsp3) is 0.0476. The maximum Gasteiger partial charge on any atom is 0.282 e. The number of halogens is 2. The third kappa shape index (κ3) is 3.90. The maximum atomic E-state index is 12.8. The molecule has 1 N–H and O–H groups in total. The summed E-state index contributed by atoms with van der Waals surface area (Å²) in [5.41, 5.74) is 3.77. The zero-order valence-electron chi connectivity index (χ0n) is 15.9. The van der Waals surface area contributed by atoms with E-state index in [9.17, 15) is 19.7 Å². The fourth-order valence-electron chi connectivity index (χ4n) is 2.99. The average Bonchev–Trinajstić information content (AvgIpc) is 3.30. The van der Waals surface area contributed by atoms with E-state index in [2.05, 4.69) is 5.43 Å². The summed E-state index contributed by atoms with van der Waals surface area (Å²) in [5, 5.41) is 12.8. The summed E-state index contributed by atoms with van der Waals surface area (Å²) >= 11 is 12.3. The van der Waals surface area contributed by atoms with Crippen LogP contribution in [0.1, 0.15) is 11.3 Å². The Bertz CT molecular complexity index is 1280. The van der Waals surface area contributed by atoms with Crippen LogP contribution in [-0.4, -0.2) is 16.7 Å². The van der Waals surface area contributed by atoms with Gasteiger partial charge in [0.05, 0.1) is 15.6 Å². The number of nitrogens with zero attached hydrogens (tertiary/aromatic N) is 2. The molecule has 1 aliphatic heterocycles. The van der Waals surface area contributed by atoms with E-state index in [-0.39, 0.29) is 27.8 Å². The van der Waals surface area contributed by atoms with Gasteiger partial charge in [0.2, 0.25) is 0 Å². The summed E-state index contributed by atoms with van der Waals surface area (Å²) in [6.07, 6.45) is 1.29. The van der Waals surface area contributed by atoms with Crippen molar-refractivity contribution in [1.82, 2.24) is 5.43 Å². The van der Waals surface area contributed by atoms with Gasteiger partial charge in [0.15, 0.2) is 0 Å². The lowest BCUT2D eigenvalue weighted by atomic mass is 10.1. The second-order valence-corrected chi connectivity index (χ2v) is 7.51. The monoisotopic (exact) mass is 457 g/mol. The number of carbonyl (C=O) groups excluding carboxylic acids is 2. The zero-order valence-corrected chi connectivity index (χ0v) is 17.4. The number of hydrazine groups is 1. The van der Waals surface area contributed by atoms with Crippen LogP contribution in [0.4, 0.5) is 11.4 Å². The smallest absolute Gasteiger partial charge is 0.282 e. The minimum absolute atomic E-state index is 0.136. The highest BCUT2D eigenvalue weighted by Crippen LogP contribution is 2.33. The molecule has 1 saturated heterocycles. The Balaban J connectivity index is 1.64. The van der Waals surface area contributed by atoms with E-state index >= 15 is 0 Å². The number of amides is 2. The number of benzene rings is 2. The number of aryl methyl sites for hydroxylation is 1. The van der Waals surface area contributed by atoms with Crippen molar-refractivity contribution in [2.24, 2.45) is 0 Å². The van der Waals surface area contributed by atoms with Crippen molar-refractivity contribution >= 4 is 52.5 Å². The first-order valence-electron chi connectivity index (χ1n) is 8.92. The zero-order chi connectivity index (χ0) is 22.3. The van der Waals surface area contributed by atoms with Crippen LogP contribution >= 0.6 is 23.2 Å². The number of anilines is 1. The minimum atomic E-state index is -0.604. The summed E-state index contributed by atoms with van der Waals surface area (Å²) in [4.78, 5) is 35.6. The van der Waals surface area contributed by atoms with Gasteiger partial charge in [0.25, 0.3) is 17.5 Å². The molecule has 31 heavy (non-hydrogen) atoms. The van der Waals surface area contributed by atoms with Gasteiger partial charge in [-0.05, 0) is 48.9 Å². The number of furan rings is 1. The first-order valence-corrected chi connectivity index (χ1v) is 9.67. The highest BCUT2D eigenvalue weighted by atomic mass is 35.5. The Morgan fingerprint density at radius 3 is 2.55 bits per heavy atom. The molecule has 1 aliphatic rings. The van der Waals surface area contributed by atoms with E-state index in [1.54, 1.807) is 24.3 Å². The molecule has 0 saturated carbocycles. The van der Waals surface area contributed by atoms with Crippen LogP contribution < -0.4 is 10.4 Å². The third-order valence-corrected chi connectivity index (χ3v) is 5.38. The van der Waals surface area contributed by atoms with E-state index in [0.29, 0.717) is 16.3 Å². The normalized spacial score (nSPS) is 14.9. The van der Waals surface area contributed by atoms with Gasteiger partial charge in [-0.15, -0.1) is 0 Å². The van der Waals surface area contributed by atoms with Crippen molar-refractivity contribution in [3.63, 3.8) is 0 Å². The third-order valence-electron chi connectivity index (χ3n) is 4.64. The molecule has 1 aromatic heterocycles. The highest BCUT2D eigenvalue weighted by molar-refractivity contribution is 6.34. The molecule has 2 heterocycles. The Hall–Kier alpha value is -3.62. The molecule has 3 aromatic rings. The van der Waals surface area contributed by atoms with Crippen LogP contribution in [0.3, 0.4) is 0 Å². The summed E-state index contributed by atoms with van der Waals surface area (Å²) in [7, 11) is 0. The van der Waals surface area contributed by atoms with Crippen LogP contribution in [0.2, 0.25) is 10.0 Å². The molecule has 156 valence electrons. The first-order chi connectivity index (χ1) is 14.7. The van der Waals surface area contributed by atoms with Gasteiger partial charge in [-0.1, -0.05) is 29.3 Å². The predicted molar refractivity (Wildman–Crippen MR) is 116 cm³/mol. The number of nitro groups is 1. The van der Waals surface area contributed by atoms with E-state index in [1.165, 1.54) is 30.3 Å². The van der Waals surface area contributed by atoms with Gasteiger partial charge in [-0.3, -0.25) is 25.1 Å². The molecule has 2 aromatic carbocycles. The molecule has 10 heteroatoms. The van der Waals surface area contributed by atoms with Crippen LogP contribution in [0.25, 0.3) is 17.4 Å². The van der Waals surface area contributed by atoms with E-state index in [1.807, 2.05) is 6.92 Å². The van der Waals surface area contributed by atoms with E-state index < -0.39 is 16.7 Å². The lowest BCUT2D eigenvalue weighted by Crippen LogP contribution is -2.35. The SMILES string of the molecule is Cc1ccc(N2NC(=O)/C(=C\c3ccc(-c4cc([N+](=O)[O-])ccc4Cl)o3)C2=O)cc1Cl. The van der Waals surface area contributed by atoms with Crippen LogP contribution in [0.5, 0.6) is 0 Å². The summed E-state index contributed by atoms with van der Waals surface area (Å²) in [6.45, 7) is 1.82. The maximum absolute atomic E-state index is 12.8. The van der Waals surface area contributed by atoms with Gasteiger partial charge in [-0.25, -0.2) is 5.01 Å². The topological polar surface area (TPSA) is 106 Å². The first kappa shape index (κ1) is 20.6. The molecule has 2 amide bonds. The molecular formula is C21H13Cl2N3O5. The molecule has 0 radical (unpaired) electrons. The van der Waals surface area contributed by atoms with Crippen molar-refractivity contribution in [1.29, 1.82) is 0 Å². The van der Waals surface area contributed by atoms with E-state index in [4.69, 9.17) is 27.6 Å². The quantitative estimate of drug-likeness (QED) is 0.258. The fourth-order valence-corrected chi connectivity index (χ4v) is 3.38. The molecule has 0 bridgehead atoms. The van der Waals surface area contributed by atoms with Crippen LogP contribution in [0, 0.1) is 17.0 Å². The summed E-state index contributed by atoms with van der Waals surface area (Å²) in [5.74, 6) is -0.710. The second-order valence-electron chi connectivity index (χ2n) is 6.70. The van der Waals surface area contributed by atoms with Crippen molar-refractivity contribution in [2.45, 2.75) is 6.92 Å². The van der Waals surface area contributed by atoms with Gasteiger partial charge in [0.1, 0.15) is 17.1 Å². The lowest BCUT2D eigenvalue weighted by molar-refractivity contribution is -0.384. The largest absolute Gasteiger partial charge is 0.457 e. The number of non-ortho nitro benzene ring substituents is 1. The Labute approximate surface area is 185 Å². The molecular weight excluding hydrogens is 445 g/mol. The molecule has 4 rings (SSSR count). The van der Waals surface area contributed by atoms with Gasteiger partial charge < -0.3 is 4.42 Å². The molecule has 0 aliphatic carbocycles. The average molecular weight is 458 g/mol. The number of nitrogens with one attached hydrogen (secondary N) is 1. The Morgan fingerprint density at radius 1 is 1.06 bits per heavy atom. The summed E-state index contributed by atoms with van der Waals surface area (Å²) in [6, 6.07) is 12.0. The number of carbonyl (C=O) groups is 2. The molecule has 0 atom stereocenters. The lowest BCUT2D eigenvalue weighted by Gasteiger charge is -2.15. The van der Waals surface area contributed by atoms with Crippen LogP contribution in [0.15, 0.2) is 58.5 Å². The molecule has 0 spiro atoms. The van der Waals surface area contributed by atoms with Gasteiger partial charge in [0, 0.05) is 22.7 Å². The standard InChI is InChI=1S/C21H13Cl2N3O5/c1-11-2-3-12(9-18(11)23)25-21(28)16(20(27)24-25)10-14-5-7-19(31-14)15-8-13(26(29)30)4-6-17(15)22/h2-10H,1H3,(H,24,27)/b16-10+. The number of rotatable bonds is 4. The Kier molecular flexibility index (Phi) is 5.26. The van der Waals surface area contributed by atoms with Crippen molar-refractivity contribution in [3.8, 4) is 11.3 Å². The molecule has 1 fully saturated rings. The predicted octanol–water partition coefficient (Wildman–Crippen LogP) is 4.93. The van der Waals surface area contributed by atoms with Crippen molar-refractivity contribution in [2.75, 3.05) is 5.01 Å². The Morgan fingerprint density at radius 2 is 1.84 bits per heavy atom. The van der Waals surface area contributed by atoms with Gasteiger partial charge in [-0.2, -0.15) is 0 Å². The number of nitro benzene ring substituents is 1. The highest BCUT2D eigenvalue weighted by Gasteiger charge is 2.35. The number of hydrogen-bond donors (Lipinski definition) is 1. The van der Waals surface area contributed by atoms with Crippen molar-refractivity contribution < 1.29 is 18.9 Å². The molecule has 8 nitrogen and oxygen atoms in total. The second kappa shape index (κ2) is 7.90. The van der Waals surface area contributed by atoms with Crippen molar-refractivity contribution in [3.05, 3.63) is 85.6 Å².